The summed E-state index contributed by atoms with van der Waals surface area (Å²) in [4.78, 5) is 4.13. The Labute approximate surface area is 126 Å². The van der Waals surface area contributed by atoms with E-state index >= 15 is 0 Å². The summed E-state index contributed by atoms with van der Waals surface area (Å²) in [5.41, 5.74) is -0.178. The highest BCUT2D eigenvalue weighted by Gasteiger charge is 2.36. The maximum Gasteiger partial charge on any atom is 0.223 e. The second-order valence-corrected chi connectivity index (χ2v) is 5.40. The third kappa shape index (κ3) is 3.00. The largest absolute Gasteiger partial charge is 0.381 e. The third-order valence-corrected chi connectivity index (χ3v) is 3.95. The van der Waals surface area contributed by atoms with E-state index in [0.29, 0.717) is 49.9 Å². The molecule has 0 bridgehead atoms. The van der Waals surface area contributed by atoms with Crippen LogP contribution in [-0.2, 0) is 16.8 Å². The van der Waals surface area contributed by atoms with Gasteiger partial charge in [0.25, 0.3) is 0 Å². The molecule has 1 aliphatic heterocycles. The summed E-state index contributed by atoms with van der Waals surface area (Å²) in [5, 5.41) is 7.14. The first-order chi connectivity index (χ1) is 10.6. The van der Waals surface area contributed by atoms with Crippen molar-refractivity contribution in [2.45, 2.75) is 31.8 Å². The molecule has 5 nitrogen and oxygen atoms in total. The van der Waals surface area contributed by atoms with Crippen molar-refractivity contribution in [1.29, 1.82) is 0 Å². The van der Waals surface area contributed by atoms with Crippen molar-refractivity contribution in [2.75, 3.05) is 13.2 Å². The fourth-order valence-electron chi connectivity index (χ4n) is 2.80. The highest BCUT2D eigenvalue weighted by atomic mass is 19.1. The predicted molar refractivity (Wildman–Crippen MR) is 74.0 cm³/mol. The molecule has 0 saturated carbocycles. The summed E-state index contributed by atoms with van der Waals surface area (Å²) in [6, 6.07) is 3.67. The number of hydrogen-bond donors (Lipinski definition) is 1. The Hall–Kier alpha value is -1.86. The van der Waals surface area contributed by atoms with Crippen LogP contribution < -0.4 is 5.32 Å². The van der Waals surface area contributed by atoms with Crippen molar-refractivity contribution < 1.29 is 18.0 Å². The number of halogens is 2. The lowest BCUT2D eigenvalue weighted by Crippen LogP contribution is -2.47. The molecule has 0 aliphatic carbocycles. The minimum absolute atomic E-state index is 0.341. The first-order valence-corrected chi connectivity index (χ1v) is 7.17. The smallest absolute Gasteiger partial charge is 0.223 e. The summed E-state index contributed by atoms with van der Waals surface area (Å²) in [7, 11) is 0. The normalized spacial score (nSPS) is 17.6. The fraction of sp³-hybridized carbons (Fsp3) is 0.467. The Morgan fingerprint density at radius 1 is 1.27 bits per heavy atom. The van der Waals surface area contributed by atoms with Crippen LogP contribution in [0.15, 0.2) is 22.7 Å². The van der Waals surface area contributed by atoms with Gasteiger partial charge in [0.1, 0.15) is 11.6 Å². The molecule has 0 amide bonds. The number of nitrogens with one attached hydrogen (secondary N) is 1. The number of benzene rings is 1. The van der Waals surface area contributed by atoms with E-state index in [2.05, 4.69) is 15.5 Å². The third-order valence-electron chi connectivity index (χ3n) is 3.95. The van der Waals surface area contributed by atoms with E-state index in [1.165, 1.54) is 12.1 Å². The van der Waals surface area contributed by atoms with Crippen molar-refractivity contribution in [1.82, 2.24) is 15.5 Å². The van der Waals surface area contributed by atoms with Crippen molar-refractivity contribution >= 4 is 0 Å². The van der Waals surface area contributed by atoms with E-state index in [-0.39, 0.29) is 0 Å². The van der Waals surface area contributed by atoms with Crippen LogP contribution in [0.2, 0.25) is 0 Å². The molecule has 2 aromatic rings. The average Bonchev–Trinajstić information content (AvgIpc) is 2.92. The van der Waals surface area contributed by atoms with E-state index in [0.717, 1.165) is 6.07 Å². The predicted octanol–water partition coefficient (Wildman–Crippen LogP) is 2.45. The zero-order valence-electron chi connectivity index (χ0n) is 12.2. The van der Waals surface area contributed by atoms with Crippen LogP contribution in [0.25, 0.3) is 0 Å². The minimum Gasteiger partial charge on any atom is -0.381 e. The van der Waals surface area contributed by atoms with Crippen molar-refractivity contribution in [3.05, 3.63) is 47.1 Å². The van der Waals surface area contributed by atoms with Crippen molar-refractivity contribution in [3.63, 3.8) is 0 Å². The molecule has 1 N–H and O–H groups in total. The lowest BCUT2D eigenvalue weighted by Gasteiger charge is -2.38. The van der Waals surface area contributed by atoms with Gasteiger partial charge in [-0.05, 0) is 18.9 Å². The Morgan fingerprint density at radius 3 is 2.68 bits per heavy atom. The van der Waals surface area contributed by atoms with Crippen LogP contribution in [0.5, 0.6) is 0 Å². The summed E-state index contributed by atoms with van der Waals surface area (Å²) < 4.78 is 37.7. The number of ether oxygens (including phenoxy) is 1. The van der Waals surface area contributed by atoms with Crippen molar-refractivity contribution in [2.24, 2.45) is 0 Å². The number of aromatic nitrogens is 2. The zero-order chi connectivity index (χ0) is 15.6. The molecule has 2 heterocycles. The summed E-state index contributed by atoms with van der Waals surface area (Å²) in [6.07, 6.45) is 1.18. The molecule has 0 radical (unpaired) electrons. The summed E-state index contributed by atoms with van der Waals surface area (Å²) in [5.74, 6) is -0.160. The molecule has 1 aliphatic rings. The van der Waals surface area contributed by atoms with Gasteiger partial charge in [0.2, 0.25) is 5.89 Å². The Balaban J connectivity index is 1.87. The van der Waals surface area contributed by atoms with Gasteiger partial charge in [-0.2, -0.15) is 4.98 Å². The number of nitrogens with zero attached hydrogens (tertiary/aromatic N) is 2. The van der Waals surface area contributed by atoms with Gasteiger partial charge in [-0.15, -0.1) is 0 Å². The highest BCUT2D eigenvalue weighted by molar-refractivity contribution is 5.27. The van der Waals surface area contributed by atoms with Gasteiger partial charge in [-0.3, -0.25) is 5.32 Å². The van der Waals surface area contributed by atoms with E-state index < -0.39 is 17.2 Å². The number of aryl methyl sites for hydroxylation is 1. The molecular weight excluding hydrogens is 292 g/mol. The molecular formula is C15H17F2N3O2. The summed E-state index contributed by atoms with van der Waals surface area (Å²) >= 11 is 0. The molecule has 1 saturated heterocycles. The topological polar surface area (TPSA) is 60.2 Å². The molecule has 1 aromatic heterocycles. The first-order valence-electron chi connectivity index (χ1n) is 7.17. The highest BCUT2D eigenvalue weighted by Crippen LogP contribution is 2.34. The van der Waals surface area contributed by atoms with E-state index in [1.807, 2.05) is 0 Å². The Kier molecular flexibility index (Phi) is 4.17. The lowest BCUT2D eigenvalue weighted by molar-refractivity contribution is 0.0340. The second kappa shape index (κ2) is 6.10. The maximum absolute atomic E-state index is 14.2. The SMILES string of the molecule is Cc1nc(CNC2(c3ccc(F)cc3F)CCOCC2)no1. The Morgan fingerprint density at radius 2 is 2.05 bits per heavy atom. The minimum atomic E-state index is -0.620. The van der Waals surface area contributed by atoms with Gasteiger partial charge in [-0.25, -0.2) is 8.78 Å². The van der Waals surface area contributed by atoms with Crippen LogP contribution in [0.4, 0.5) is 8.78 Å². The van der Waals surface area contributed by atoms with Crippen molar-refractivity contribution in [3.8, 4) is 0 Å². The van der Waals surface area contributed by atoms with Gasteiger partial charge >= 0.3 is 0 Å². The molecule has 7 heteroatoms. The number of hydrogen-bond acceptors (Lipinski definition) is 5. The molecule has 0 spiro atoms. The van der Waals surface area contributed by atoms with Gasteiger partial charge < -0.3 is 9.26 Å². The van der Waals surface area contributed by atoms with Crippen LogP contribution in [0, 0.1) is 18.6 Å². The molecule has 1 aromatic carbocycles. The van der Waals surface area contributed by atoms with Crippen LogP contribution >= 0.6 is 0 Å². The number of rotatable bonds is 4. The van der Waals surface area contributed by atoms with Gasteiger partial charge in [0, 0.05) is 31.8 Å². The second-order valence-electron chi connectivity index (χ2n) is 5.40. The van der Waals surface area contributed by atoms with Crippen LogP contribution in [0.3, 0.4) is 0 Å². The maximum atomic E-state index is 14.2. The molecule has 3 rings (SSSR count). The van der Waals surface area contributed by atoms with Crippen LogP contribution in [-0.4, -0.2) is 23.4 Å². The van der Waals surface area contributed by atoms with Gasteiger partial charge in [-0.1, -0.05) is 11.2 Å². The molecule has 118 valence electrons. The van der Waals surface area contributed by atoms with Crippen LogP contribution in [0.1, 0.15) is 30.1 Å². The Bertz CT molecular complexity index is 654. The molecule has 0 atom stereocenters. The summed E-state index contributed by atoms with van der Waals surface area (Å²) in [6.45, 7) is 3.07. The zero-order valence-corrected chi connectivity index (χ0v) is 12.2. The van der Waals surface area contributed by atoms with E-state index in [4.69, 9.17) is 9.26 Å². The average molecular weight is 309 g/mol. The lowest BCUT2D eigenvalue weighted by atomic mass is 9.82. The van der Waals surface area contributed by atoms with E-state index in [9.17, 15) is 8.78 Å². The molecule has 0 unspecified atom stereocenters. The van der Waals surface area contributed by atoms with Gasteiger partial charge in [0.05, 0.1) is 12.1 Å². The quantitative estimate of drug-likeness (QED) is 0.940. The van der Waals surface area contributed by atoms with E-state index in [1.54, 1.807) is 6.92 Å². The first kappa shape index (κ1) is 15.1. The monoisotopic (exact) mass is 309 g/mol. The molecule has 1 fully saturated rings. The standard InChI is InChI=1S/C15H17F2N3O2/c1-10-19-14(20-22-10)9-18-15(4-6-21-7-5-15)12-3-2-11(16)8-13(12)17/h2-3,8,18H,4-7,9H2,1H3. The fourth-order valence-corrected chi connectivity index (χ4v) is 2.80. The molecule has 22 heavy (non-hydrogen) atoms. The van der Waals surface area contributed by atoms with Gasteiger partial charge in [0.15, 0.2) is 5.82 Å².